The number of rotatable bonds is 1. The maximum absolute atomic E-state index is 2.64. The third kappa shape index (κ3) is 2.96. The second-order valence-electron chi connectivity index (χ2n) is 4.74. The van der Waals surface area contributed by atoms with Crippen LogP contribution in [0.2, 0.25) is 0 Å². The molecule has 2 rings (SSSR count). The van der Waals surface area contributed by atoms with Crippen molar-refractivity contribution in [3.05, 3.63) is 0 Å². The van der Waals surface area contributed by atoms with Gasteiger partial charge in [0.2, 0.25) is 0 Å². The molecular weight excluding hydrogens is 172 g/mol. The molecule has 2 aliphatic heterocycles. The molecule has 0 aliphatic carbocycles. The van der Waals surface area contributed by atoms with Gasteiger partial charge in [-0.15, -0.1) is 0 Å². The van der Waals surface area contributed by atoms with Gasteiger partial charge in [-0.3, -0.25) is 0 Å². The van der Waals surface area contributed by atoms with Gasteiger partial charge in [-0.25, -0.2) is 10.0 Å². The van der Waals surface area contributed by atoms with E-state index >= 15 is 0 Å². The van der Waals surface area contributed by atoms with E-state index in [-0.39, 0.29) is 0 Å². The summed E-state index contributed by atoms with van der Waals surface area (Å²) in [5.41, 5.74) is 0. The van der Waals surface area contributed by atoms with E-state index in [1.54, 1.807) is 0 Å². The highest BCUT2D eigenvalue weighted by molar-refractivity contribution is 4.66. The monoisotopic (exact) mass is 196 g/mol. The van der Waals surface area contributed by atoms with Crippen LogP contribution in [0.25, 0.3) is 0 Å². The van der Waals surface area contributed by atoms with Gasteiger partial charge in [0, 0.05) is 26.2 Å². The fraction of sp³-hybridized carbons (Fsp3) is 1.00. The quantitative estimate of drug-likeness (QED) is 0.636. The zero-order valence-corrected chi connectivity index (χ0v) is 9.38. The van der Waals surface area contributed by atoms with Crippen LogP contribution in [-0.4, -0.2) is 36.2 Å². The van der Waals surface area contributed by atoms with E-state index in [2.05, 4.69) is 10.0 Å². The standard InChI is InChI=1S/C12H24N2/c1-2-5-9-13(10-6-3-1)14-11-7-4-8-12-14/h1-12H2. The smallest absolute Gasteiger partial charge is 0.0133 e. The minimum absolute atomic E-state index is 1.32. The van der Waals surface area contributed by atoms with Crippen molar-refractivity contribution < 1.29 is 0 Å². The van der Waals surface area contributed by atoms with Gasteiger partial charge in [-0.2, -0.15) is 0 Å². The molecule has 0 unspecified atom stereocenters. The summed E-state index contributed by atoms with van der Waals surface area (Å²) >= 11 is 0. The molecule has 2 heterocycles. The number of nitrogens with zero attached hydrogens (tertiary/aromatic N) is 2. The van der Waals surface area contributed by atoms with Gasteiger partial charge in [0.05, 0.1) is 0 Å². The maximum atomic E-state index is 2.64. The molecule has 0 bridgehead atoms. The molecule has 0 aromatic heterocycles. The topological polar surface area (TPSA) is 6.48 Å². The zero-order valence-electron chi connectivity index (χ0n) is 9.38. The van der Waals surface area contributed by atoms with Crippen molar-refractivity contribution in [1.82, 2.24) is 10.0 Å². The van der Waals surface area contributed by atoms with Crippen molar-refractivity contribution in [2.24, 2.45) is 0 Å². The first-order valence-corrected chi connectivity index (χ1v) is 6.46. The molecule has 0 aromatic carbocycles. The van der Waals surface area contributed by atoms with Gasteiger partial charge in [0.15, 0.2) is 0 Å². The molecule has 2 nitrogen and oxygen atoms in total. The zero-order chi connectivity index (χ0) is 9.64. The fourth-order valence-corrected chi connectivity index (χ4v) is 2.67. The first-order valence-electron chi connectivity index (χ1n) is 6.46. The average Bonchev–Trinajstić information content (AvgIpc) is 2.18. The van der Waals surface area contributed by atoms with Crippen molar-refractivity contribution in [2.45, 2.75) is 51.4 Å². The van der Waals surface area contributed by atoms with E-state index in [1.165, 1.54) is 77.5 Å². The van der Waals surface area contributed by atoms with Crippen LogP contribution in [0, 0.1) is 0 Å². The molecular formula is C12H24N2. The van der Waals surface area contributed by atoms with Crippen LogP contribution >= 0.6 is 0 Å². The minimum Gasteiger partial charge on any atom is -0.242 e. The van der Waals surface area contributed by atoms with Gasteiger partial charge >= 0.3 is 0 Å². The molecule has 14 heavy (non-hydrogen) atoms. The highest BCUT2D eigenvalue weighted by Crippen LogP contribution is 2.16. The lowest BCUT2D eigenvalue weighted by atomic mass is 10.1. The van der Waals surface area contributed by atoms with E-state index in [0.29, 0.717) is 0 Å². The Labute approximate surface area is 88.2 Å². The Morgan fingerprint density at radius 2 is 0.643 bits per heavy atom. The van der Waals surface area contributed by atoms with Crippen molar-refractivity contribution in [2.75, 3.05) is 26.2 Å². The molecule has 0 spiro atoms. The SMILES string of the molecule is C1CCCN(N2CCCCC2)CCC1. The average molecular weight is 196 g/mol. The largest absolute Gasteiger partial charge is 0.242 e. The van der Waals surface area contributed by atoms with Crippen LogP contribution in [0.4, 0.5) is 0 Å². The van der Waals surface area contributed by atoms with Gasteiger partial charge in [-0.1, -0.05) is 25.7 Å². The maximum Gasteiger partial charge on any atom is 0.0133 e. The molecule has 2 fully saturated rings. The third-order valence-corrected chi connectivity index (χ3v) is 3.56. The molecule has 0 radical (unpaired) electrons. The summed E-state index contributed by atoms with van der Waals surface area (Å²) in [6.45, 7) is 5.28. The van der Waals surface area contributed by atoms with E-state index in [1.807, 2.05) is 0 Å². The van der Waals surface area contributed by atoms with E-state index in [0.717, 1.165) is 0 Å². The van der Waals surface area contributed by atoms with Crippen LogP contribution in [0.5, 0.6) is 0 Å². The summed E-state index contributed by atoms with van der Waals surface area (Å²) in [7, 11) is 0. The van der Waals surface area contributed by atoms with Gasteiger partial charge in [0.25, 0.3) is 0 Å². The van der Waals surface area contributed by atoms with Crippen LogP contribution in [0.1, 0.15) is 51.4 Å². The second-order valence-corrected chi connectivity index (χ2v) is 4.74. The van der Waals surface area contributed by atoms with Crippen LogP contribution in [-0.2, 0) is 0 Å². The minimum atomic E-state index is 1.32. The highest BCUT2D eigenvalue weighted by atomic mass is 15.6. The Kier molecular flexibility index (Phi) is 4.26. The molecule has 0 N–H and O–H groups in total. The summed E-state index contributed by atoms with van der Waals surface area (Å²) in [6.07, 6.45) is 11.5. The summed E-state index contributed by atoms with van der Waals surface area (Å²) in [5.74, 6) is 0. The molecule has 2 aliphatic rings. The van der Waals surface area contributed by atoms with Gasteiger partial charge in [0.1, 0.15) is 0 Å². The molecule has 0 amide bonds. The molecule has 2 heteroatoms. The van der Waals surface area contributed by atoms with E-state index in [4.69, 9.17) is 0 Å². The van der Waals surface area contributed by atoms with Crippen LogP contribution < -0.4 is 0 Å². The first kappa shape index (κ1) is 10.4. The molecule has 0 saturated carbocycles. The van der Waals surface area contributed by atoms with Crippen molar-refractivity contribution in [1.29, 1.82) is 0 Å². The number of piperidine rings is 1. The van der Waals surface area contributed by atoms with Crippen molar-refractivity contribution in [3.63, 3.8) is 0 Å². The Bertz CT molecular complexity index is 144. The molecule has 82 valence electrons. The number of hydrazine groups is 1. The molecule has 2 saturated heterocycles. The van der Waals surface area contributed by atoms with Crippen LogP contribution in [0.3, 0.4) is 0 Å². The number of hydrogen-bond donors (Lipinski definition) is 0. The van der Waals surface area contributed by atoms with Crippen LogP contribution in [0.15, 0.2) is 0 Å². The first-order chi connectivity index (χ1) is 6.97. The second kappa shape index (κ2) is 5.72. The summed E-state index contributed by atoms with van der Waals surface area (Å²) < 4.78 is 0. The third-order valence-electron chi connectivity index (χ3n) is 3.56. The summed E-state index contributed by atoms with van der Waals surface area (Å²) in [4.78, 5) is 0. The Balaban J connectivity index is 1.80. The Hall–Kier alpha value is -0.0800. The fourth-order valence-electron chi connectivity index (χ4n) is 2.67. The Morgan fingerprint density at radius 3 is 1.07 bits per heavy atom. The summed E-state index contributed by atoms with van der Waals surface area (Å²) in [5, 5.41) is 5.26. The van der Waals surface area contributed by atoms with E-state index in [9.17, 15) is 0 Å². The normalized spacial score (nSPS) is 28.3. The lowest BCUT2D eigenvalue weighted by molar-refractivity contribution is -0.0441. The Morgan fingerprint density at radius 1 is 0.357 bits per heavy atom. The molecule has 0 aromatic rings. The van der Waals surface area contributed by atoms with Gasteiger partial charge < -0.3 is 0 Å². The lowest BCUT2D eigenvalue weighted by Crippen LogP contribution is -2.46. The van der Waals surface area contributed by atoms with Gasteiger partial charge in [-0.05, 0) is 25.7 Å². The predicted molar refractivity (Wildman–Crippen MR) is 60.1 cm³/mol. The number of hydrogen-bond acceptors (Lipinski definition) is 2. The molecule has 0 atom stereocenters. The van der Waals surface area contributed by atoms with Crippen molar-refractivity contribution in [3.8, 4) is 0 Å². The predicted octanol–water partition coefficient (Wildman–Crippen LogP) is 2.65. The van der Waals surface area contributed by atoms with Crippen molar-refractivity contribution >= 4 is 0 Å². The lowest BCUT2D eigenvalue weighted by Gasteiger charge is -2.38. The summed E-state index contributed by atoms with van der Waals surface area (Å²) in [6, 6.07) is 0. The highest BCUT2D eigenvalue weighted by Gasteiger charge is 2.18. The van der Waals surface area contributed by atoms with E-state index < -0.39 is 0 Å².